The highest BCUT2D eigenvalue weighted by atomic mass is 16.5. The van der Waals surface area contributed by atoms with Gasteiger partial charge in [0.05, 0.1) is 18.0 Å². The van der Waals surface area contributed by atoms with Crippen LogP contribution in [0.5, 0.6) is 5.75 Å². The van der Waals surface area contributed by atoms with Crippen molar-refractivity contribution in [2.75, 3.05) is 7.11 Å². The summed E-state index contributed by atoms with van der Waals surface area (Å²) in [6, 6.07) is 4.64. The maximum atomic E-state index is 11.7. The Morgan fingerprint density at radius 2 is 2.25 bits per heavy atom. The molecule has 0 aliphatic carbocycles. The third kappa shape index (κ3) is 1.50. The number of aromatic nitrogens is 2. The highest BCUT2D eigenvalue weighted by molar-refractivity contribution is 5.81. The summed E-state index contributed by atoms with van der Waals surface area (Å²) in [6.45, 7) is 0. The summed E-state index contributed by atoms with van der Waals surface area (Å²) in [4.78, 5) is 26.2. The van der Waals surface area contributed by atoms with E-state index in [4.69, 9.17) is 9.84 Å². The smallest absolute Gasteiger partial charge is 0.419 e. The molecule has 2 aromatic rings. The number of nitrogens with zero attached hydrogens (tertiary/aromatic N) is 2. The first-order valence-corrected chi connectivity index (χ1v) is 4.42. The lowest BCUT2D eigenvalue weighted by Crippen LogP contribution is -2.25. The molecule has 0 aliphatic heterocycles. The Morgan fingerprint density at radius 3 is 2.88 bits per heavy atom. The summed E-state index contributed by atoms with van der Waals surface area (Å²) in [6.07, 6.45) is -0.373. The van der Waals surface area contributed by atoms with Crippen LogP contribution in [-0.2, 0) is 0 Å². The largest absolute Gasteiger partial charge is 0.497 e. The average Bonchev–Trinajstić information content (AvgIpc) is 2.28. The van der Waals surface area contributed by atoms with Gasteiger partial charge < -0.3 is 9.84 Å². The summed E-state index contributed by atoms with van der Waals surface area (Å²) in [5.74, 6) is 0.562. The molecule has 0 atom stereocenters. The van der Waals surface area contributed by atoms with E-state index in [0.29, 0.717) is 15.8 Å². The molecule has 6 nitrogen and oxygen atoms in total. The number of hydrogen-bond acceptors (Lipinski definition) is 4. The minimum absolute atomic E-state index is 0.241. The van der Waals surface area contributed by atoms with Crippen LogP contribution in [0.1, 0.15) is 0 Å². The van der Waals surface area contributed by atoms with Gasteiger partial charge in [0.25, 0.3) is 5.56 Å². The van der Waals surface area contributed by atoms with Gasteiger partial charge in [0.1, 0.15) is 12.1 Å². The molecule has 82 valence electrons. The van der Waals surface area contributed by atoms with Crippen molar-refractivity contribution in [3.05, 3.63) is 34.9 Å². The molecule has 1 heterocycles. The van der Waals surface area contributed by atoms with Gasteiger partial charge >= 0.3 is 6.09 Å². The lowest BCUT2D eigenvalue weighted by atomic mass is 10.2. The molecule has 0 aliphatic rings. The van der Waals surface area contributed by atoms with Crippen molar-refractivity contribution in [2.45, 2.75) is 0 Å². The Balaban J connectivity index is 2.77. The van der Waals surface area contributed by atoms with E-state index < -0.39 is 11.7 Å². The number of hydrogen-bond donors (Lipinski definition) is 1. The minimum Gasteiger partial charge on any atom is -0.497 e. The fourth-order valence-corrected chi connectivity index (χ4v) is 1.36. The number of carboxylic acid groups (broad SMARTS) is 1. The Labute approximate surface area is 89.7 Å². The van der Waals surface area contributed by atoms with Crippen LogP contribution >= 0.6 is 0 Å². The number of carbonyl (C=O) groups is 1. The normalized spacial score (nSPS) is 10.3. The lowest BCUT2D eigenvalue weighted by molar-refractivity contribution is 0.195. The minimum atomic E-state index is -1.35. The van der Waals surface area contributed by atoms with Crippen molar-refractivity contribution in [1.82, 2.24) is 9.55 Å². The van der Waals surface area contributed by atoms with E-state index in [2.05, 4.69) is 4.98 Å². The summed E-state index contributed by atoms with van der Waals surface area (Å²) in [7, 11) is 1.50. The topological polar surface area (TPSA) is 81.4 Å². The molecule has 0 bridgehead atoms. The molecule has 6 heteroatoms. The predicted octanol–water partition coefficient (Wildman–Crippen LogP) is 0.931. The zero-order valence-corrected chi connectivity index (χ0v) is 8.38. The number of methoxy groups -OCH3 is 1. The molecule has 0 saturated carbocycles. The standard InChI is InChI=1S/C10H8N2O4/c1-16-6-2-3-7-8(4-6)11-5-12(9(7)13)10(14)15/h2-5H,1H3,(H,14,15). The van der Waals surface area contributed by atoms with Gasteiger partial charge in [-0.25, -0.2) is 14.3 Å². The lowest BCUT2D eigenvalue weighted by Gasteiger charge is -2.03. The Morgan fingerprint density at radius 1 is 1.50 bits per heavy atom. The molecule has 0 fully saturated rings. The van der Waals surface area contributed by atoms with Gasteiger partial charge in [-0.05, 0) is 12.1 Å². The molecule has 1 aromatic carbocycles. The second-order valence-electron chi connectivity index (χ2n) is 3.09. The average molecular weight is 220 g/mol. The van der Waals surface area contributed by atoms with Crippen molar-refractivity contribution in [2.24, 2.45) is 0 Å². The van der Waals surface area contributed by atoms with Crippen molar-refractivity contribution < 1.29 is 14.6 Å². The fraction of sp³-hybridized carbons (Fsp3) is 0.100. The monoisotopic (exact) mass is 220 g/mol. The number of benzene rings is 1. The van der Waals surface area contributed by atoms with Crippen molar-refractivity contribution in [3.8, 4) is 5.75 Å². The second kappa shape index (κ2) is 3.65. The zero-order valence-electron chi connectivity index (χ0n) is 8.38. The highest BCUT2D eigenvalue weighted by Crippen LogP contribution is 2.15. The van der Waals surface area contributed by atoms with E-state index in [1.54, 1.807) is 12.1 Å². The van der Waals surface area contributed by atoms with E-state index in [9.17, 15) is 9.59 Å². The maximum Gasteiger partial charge on any atom is 0.419 e. The number of ether oxygens (including phenoxy) is 1. The molecule has 0 spiro atoms. The zero-order chi connectivity index (χ0) is 11.7. The van der Waals surface area contributed by atoms with Gasteiger partial charge in [0, 0.05) is 6.07 Å². The molecule has 2 rings (SSSR count). The van der Waals surface area contributed by atoms with Crippen molar-refractivity contribution in [1.29, 1.82) is 0 Å². The quantitative estimate of drug-likeness (QED) is 0.773. The van der Waals surface area contributed by atoms with Gasteiger partial charge in [0.2, 0.25) is 0 Å². The summed E-state index contributed by atoms with van der Waals surface area (Å²) in [5, 5.41) is 8.97. The van der Waals surface area contributed by atoms with Crippen LogP contribution in [0.15, 0.2) is 29.3 Å². The van der Waals surface area contributed by atoms with E-state index in [1.807, 2.05) is 0 Å². The van der Waals surface area contributed by atoms with Crippen LogP contribution in [0.25, 0.3) is 10.9 Å². The molecular formula is C10H8N2O4. The molecule has 0 radical (unpaired) electrons. The van der Waals surface area contributed by atoms with Gasteiger partial charge in [-0.1, -0.05) is 0 Å². The van der Waals surface area contributed by atoms with Gasteiger partial charge in [0.15, 0.2) is 0 Å². The SMILES string of the molecule is COc1ccc2c(=O)n(C(=O)O)cnc2c1. The molecular weight excluding hydrogens is 212 g/mol. The van der Waals surface area contributed by atoms with Crippen LogP contribution in [0.3, 0.4) is 0 Å². The van der Waals surface area contributed by atoms with Crippen LogP contribution in [0.2, 0.25) is 0 Å². The van der Waals surface area contributed by atoms with Gasteiger partial charge in [-0.3, -0.25) is 4.79 Å². The first-order valence-electron chi connectivity index (χ1n) is 4.42. The van der Waals surface area contributed by atoms with Crippen LogP contribution < -0.4 is 10.3 Å². The molecule has 1 N–H and O–H groups in total. The summed E-state index contributed by atoms with van der Waals surface area (Å²) >= 11 is 0. The fourth-order valence-electron chi connectivity index (χ4n) is 1.36. The van der Waals surface area contributed by atoms with Gasteiger partial charge in [-0.15, -0.1) is 0 Å². The third-order valence-electron chi connectivity index (χ3n) is 2.17. The number of rotatable bonds is 1. The van der Waals surface area contributed by atoms with E-state index >= 15 is 0 Å². The maximum absolute atomic E-state index is 11.7. The summed E-state index contributed by atoms with van der Waals surface area (Å²) < 4.78 is 5.51. The molecule has 0 amide bonds. The van der Waals surface area contributed by atoms with Crippen molar-refractivity contribution >= 4 is 17.0 Å². The third-order valence-corrected chi connectivity index (χ3v) is 2.17. The number of fused-ring (bicyclic) bond motifs is 1. The Bertz CT molecular complexity index is 618. The molecule has 1 aromatic heterocycles. The van der Waals surface area contributed by atoms with Crippen LogP contribution in [0, 0.1) is 0 Å². The van der Waals surface area contributed by atoms with E-state index in [0.717, 1.165) is 6.33 Å². The first-order chi connectivity index (χ1) is 7.63. The first kappa shape index (κ1) is 10.2. The molecule has 0 saturated heterocycles. The van der Waals surface area contributed by atoms with Crippen LogP contribution in [0.4, 0.5) is 4.79 Å². The summed E-state index contributed by atoms with van der Waals surface area (Å²) in [5.41, 5.74) is -0.206. The Hall–Kier alpha value is -2.37. The van der Waals surface area contributed by atoms with Crippen LogP contribution in [-0.4, -0.2) is 27.9 Å². The van der Waals surface area contributed by atoms with Crippen molar-refractivity contribution in [3.63, 3.8) is 0 Å². The molecule has 16 heavy (non-hydrogen) atoms. The van der Waals surface area contributed by atoms with E-state index in [1.165, 1.54) is 13.2 Å². The predicted molar refractivity (Wildman–Crippen MR) is 56.0 cm³/mol. The van der Waals surface area contributed by atoms with E-state index in [-0.39, 0.29) is 5.39 Å². The van der Waals surface area contributed by atoms with Gasteiger partial charge in [-0.2, -0.15) is 0 Å². The molecule has 0 unspecified atom stereocenters. The highest BCUT2D eigenvalue weighted by Gasteiger charge is 2.09. The Kier molecular flexibility index (Phi) is 2.32. The second-order valence-corrected chi connectivity index (χ2v) is 3.09.